The first kappa shape index (κ1) is 12.8. The Bertz CT molecular complexity index is 717. The van der Waals surface area contributed by atoms with Gasteiger partial charge in [0, 0.05) is 18.0 Å². The quantitative estimate of drug-likeness (QED) is 0.790. The lowest BCUT2D eigenvalue weighted by atomic mass is 9.98. The number of benzene rings is 1. The summed E-state index contributed by atoms with van der Waals surface area (Å²) in [5, 5.41) is 4.32. The van der Waals surface area contributed by atoms with E-state index in [9.17, 15) is 0 Å². The van der Waals surface area contributed by atoms with Crippen molar-refractivity contribution in [1.29, 1.82) is 0 Å². The standard InChI is InChI=1S/C16H18N4/c1-2-4-12-5-3-6-13(9-12)16(17)14-10-19-20-8-7-18-11-15(14)20/h3,5-11,16H,2,4,17H2,1H3. The predicted molar refractivity (Wildman–Crippen MR) is 79.5 cm³/mol. The summed E-state index contributed by atoms with van der Waals surface area (Å²) in [5.41, 5.74) is 10.8. The van der Waals surface area contributed by atoms with Crippen LogP contribution in [0.15, 0.2) is 49.1 Å². The Morgan fingerprint density at radius 1 is 1.30 bits per heavy atom. The van der Waals surface area contributed by atoms with Crippen LogP contribution in [0.3, 0.4) is 0 Å². The Morgan fingerprint density at radius 3 is 3.05 bits per heavy atom. The summed E-state index contributed by atoms with van der Waals surface area (Å²) >= 11 is 0. The second-order valence-electron chi connectivity index (χ2n) is 4.98. The maximum Gasteiger partial charge on any atom is 0.0896 e. The van der Waals surface area contributed by atoms with Gasteiger partial charge < -0.3 is 5.73 Å². The van der Waals surface area contributed by atoms with Crippen molar-refractivity contribution in [3.8, 4) is 0 Å². The molecule has 3 aromatic rings. The lowest BCUT2D eigenvalue weighted by Crippen LogP contribution is -2.12. The molecule has 0 saturated heterocycles. The van der Waals surface area contributed by atoms with Crippen molar-refractivity contribution in [2.24, 2.45) is 5.73 Å². The average molecular weight is 266 g/mol. The number of aryl methyl sites for hydroxylation is 1. The van der Waals surface area contributed by atoms with Gasteiger partial charge in [0.2, 0.25) is 0 Å². The number of hydrogen-bond donors (Lipinski definition) is 1. The summed E-state index contributed by atoms with van der Waals surface area (Å²) in [6.45, 7) is 2.18. The van der Waals surface area contributed by atoms with Gasteiger partial charge >= 0.3 is 0 Å². The van der Waals surface area contributed by atoms with Crippen molar-refractivity contribution in [2.75, 3.05) is 0 Å². The topological polar surface area (TPSA) is 56.2 Å². The van der Waals surface area contributed by atoms with Gasteiger partial charge in [0.15, 0.2) is 0 Å². The molecule has 0 bridgehead atoms. The van der Waals surface area contributed by atoms with E-state index in [0.717, 1.165) is 29.5 Å². The van der Waals surface area contributed by atoms with Gasteiger partial charge in [-0.05, 0) is 17.5 Å². The molecule has 4 nitrogen and oxygen atoms in total. The van der Waals surface area contributed by atoms with E-state index >= 15 is 0 Å². The molecular formula is C16H18N4. The van der Waals surface area contributed by atoms with Gasteiger partial charge in [0.1, 0.15) is 0 Å². The molecule has 0 radical (unpaired) electrons. The van der Waals surface area contributed by atoms with Gasteiger partial charge in [0.05, 0.1) is 24.0 Å². The monoisotopic (exact) mass is 266 g/mol. The van der Waals surface area contributed by atoms with Crippen LogP contribution in [-0.2, 0) is 6.42 Å². The van der Waals surface area contributed by atoms with Crippen molar-refractivity contribution in [1.82, 2.24) is 14.6 Å². The van der Waals surface area contributed by atoms with Crippen molar-refractivity contribution in [3.63, 3.8) is 0 Å². The highest BCUT2D eigenvalue weighted by atomic mass is 15.2. The van der Waals surface area contributed by atoms with Gasteiger partial charge in [-0.3, -0.25) is 4.98 Å². The molecule has 0 aliphatic rings. The fraction of sp³-hybridized carbons (Fsp3) is 0.250. The maximum atomic E-state index is 6.41. The molecule has 20 heavy (non-hydrogen) atoms. The fourth-order valence-electron chi connectivity index (χ4n) is 2.50. The van der Waals surface area contributed by atoms with E-state index in [4.69, 9.17) is 5.73 Å². The molecule has 2 aromatic heterocycles. The number of fused-ring (bicyclic) bond motifs is 1. The number of nitrogens with two attached hydrogens (primary N) is 1. The summed E-state index contributed by atoms with van der Waals surface area (Å²) < 4.78 is 1.80. The first-order valence-electron chi connectivity index (χ1n) is 6.91. The van der Waals surface area contributed by atoms with Crippen molar-refractivity contribution >= 4 is 5.52 Å². The summed E-state index contributed by atoms with van der Waals surface area (Å²) in [6, 6.07) is 8.31. The van der Waals surface area contributed by atoms with E-state index in [1.54, 1.807) is 16.9 Å². The van der Waals surface area contributed by atoms with Crippen LogP contribution in [0, 0.1) is 0 Å². The minimum atomic E-state index is -0.173. The Balaban J connectivity index is 1.99. The summed E-state index contributed by atoms with van der Waals surface area (Å²) in [6.07, 6.45) is 9.40. The second-order valence-corrected chi connectivity index (χ2v) is 4.98. The first-order chi connectivity index (χ1) is 9.79. The number of aromatic nitrogens is 3. The number of rotatable bonds is 4. The van der Waals surface area contributed by atoms with Gasteiger partial charge in [-0.15, -0.1) is 0 Å². The third-order valence-electron chi connectivity index (χ3n) is 3.54. The van der Waals surface area contributed by atoms with Crippen LogP contribution in [-0.4, -0.2) is 14.6 Å². The van der Waals surface area contributed by atoms with Crippen molar-refractivity contribution in [3.05, 3.63) is 65.7 Å². The molecule has 2 N–H and O–H groups in total. The third kappa shape index (κ3) is 2.30. The van der Waals surface area contributed by atoms with E-state index in [1.165, 1.54) is 5.56 Å². The zero-order valence-corrected chi connectivity index (χ0v) is 11.5. The molecule has 4 heteroatoms. The molecule has 1 atom stereocenters. The SMILES string of the molecule is CCCc1cccc(C(N)c2cnn3ccncc23)c1. The molecule has 0 aliphatic heterocycles. The van der Waals surface area contributed by atoms with E-state index in [-0.39, 0.29) is 6.04 Å². The minimum Gasteiger partial charge on any atom is -0.320 e. The van der Waals surface area contributed by atoms with Crippen molar-refractivity contribution in [2.45, 2.75) is 25.8 Å². The van der Waals surface area contributed by atoms with E-state index < -0.39 is 0 Å². The van der Waals surface area contributed by atoms with Crippen LogP contribution in [0.4, 0.5) is 0 Å². The molecule has 3 rings (SSSR count). The maximum absolute atomic E-state index is 6.41. The number of hydrogen-bond acceptors (Lipinski definition) is 3. The molecular weight excluding hydrogens is 248 g/mol. The normalized spacial score (nSPS) is 12.7. The molecule has 0 amide bonds. The van der Waals surface area contributed by atoms with Gasteiger partial charge in [-0.25, -0.2) is 4.52 Å². The average Bonchev–Trinajstić information content (AvgIpc) is 2.91. The predicted octanol–water partition coefficient (Wildman–Crippen LogP) is 2.73. The molecule has 1 aromatic carbocycles. The number of nitrogens with zero attached hydrogens (tertiary/aromatic N) is 3. The Hall–Kier alpha value is -2.20. The first-order valence-corrected chi connectivity index (χ1v) is 6.91. The summed E-state index contributed by atoms with van der Waals surface area (Å²) in [7, 11) is 0. The van der Waals surface area contributed by atoms with Crippen LogP contribution in [0.2, 0.25) is 0 Å². The minimum absolute atomic E-state index is 0.173. The van der Waals surface area contributed by atoms with E-state index in [2.05, 4.69) is 41.3 Å². The van der Waals surface area contributed by atoms with Gasteiger partial charge in [-0.2, -0.15) is 5.10 Å². The largest absolute Gasteiger partial charge is 0.320 e. The molecule has 2 heterocycles. The zero-order valence-electron chi connectivity index (χ0n) is 11.5. The lowest BCUT2D eigenvalue weighted by Gasteiger charge is -2.12. The molecule has 102 valence electrons. The summed E-state index contributed by atoms with van der Waals surface area (Å²) in [5.74, 6) is 0. The zero-order chi connectivity index (χ0) is 13.9. The van der Waals surface area contributed by atoms with E-state index in [0.29, 0.717) is 0 Å². The molecule has 0 fully saturated rings. The third-order valence-corrected chi connectivity index (χ3v) is 3.54. The highest BCUT2D eigenvalue weighted by Gasteiger charge is 2.14. The highest BCUT2D eigenvalue weighted by Crippen LogP contribution is 2.24. The second kappa shape index (κ2) is 5.43. The lowest BCUT2D eigenvalue weighted by molar-refractivity contribution is 0.864. The fourth-order valence-corrected chi connectivity index (χ4v) is 2.50. The van der Waals surface area contributed by atoms with Gasteiger partial charge in [-0.1, -0.05) is 37.6 Å². The highest BCUT2D eigenvalue weighted by molar-refractivity contribution is 5.55. The van der Waals surface area contributed by atoms with Crippen LogP contribution in [0.5, 0.6) is 0 Å². The Kier molecular flexibility index (Phi) is 3.48. The Labute approximate surface area is 118 Å². The molecule has 1 unspecified atom stereocenters. The van der Waals surface area contributed by atoms with Crippen LogP contribution >= 0.6 is 0 Å². The molecule has 0 spiro atoms. The van der Waals surface area contributed by atoms with Crippen LogP contribution < -0.4 is 5.73 Å². The summed E-state index contributed by atoms with van der Waals surface area (Å²) in [4.78, 5) is 4.15. The van der Waals surface area contributed by atoms with Crippen LogP contribution in [0.25, 0.3) is 5.52 Å². The van der Waals surface area contributed by atoms with Crippen molar-refractivity contribution < 1.29 is 0 Å². The molecule has 0 aliphatic carbocycles. The smallest absolute Gasteiger partial charge is 0.0896 e. The van der Waals surface area contributed by atoms with E-state index in [1.807, 2.05) is 12.4 Å². The Morgan fingerprint density at radius 2 is 2.20 bits per heavy atom. The van der Waals surface area contributed by atoms with Gasteiger partial charge in [0.25, 0.3) is 0 Å². The van der Waals surface area contributed by atoms with Crippen LogP contribution in [0.1, 0.15) is 36.1 Å². The molecule has 0 saturated carbocycles.